The van der Waals surface area contributed by atoms with Crippen molar-refractivity contribution < 1.29 is 9.53 Å². The highest BCUT2D eigenvalue weighted by molar-refractivity contribution is 9.10. The molecule has 1 aromatic carbocycles. The number of nitrogens with zero attached hydrogens (tertiary/aromatic N) is 4. The minimum absolute atomic E-state index is 0.407. The first-order chi connectivity index (χ1) is 9.61. The second kappa shape index (κ2) is 4.75. The van der Waals surface area contributed by atoms with Crippen LogP contribution in [-0.4, -0.2) is 32.7 Å². The van der Waals surface area contributed by atoms with E-state index in [1.54, 1.807) is 22.4 Å². The molecule has 0 radical (unpaired) electrons. The van der Waals surface area contributed by atoms with Gasteiger partial charge in [0.15, 0.2) is 5.65 Å². The molecule has 0 atom stereocenters. The molecule has 0 unspecified atom stereocenters. The Bertz CT molecular complexity index is 789. The fourth-order valence-corrected chi connectivity index (χ4v) is 2.42. The van der Waals surface area contributed by atoms with E-state index >= 15 is 0 Å². The van der Waals surface area contributed by atoms with Crippen molar-refractivity contribution in [3.63, 3.8) is 0 Å². The van der Waals surface area contributed by atoms with Crippen molar-refractivity contribution in [2.75, 3.05) is 7.11 Å². The number of esters is 1. The Kier molecular flexibility index (Phi) is 3.06. The van der Waals surface area contributed by atoms with Gasteiger partial charge in [-0.3, -0.25) is 0 Å². The van der Waals surface area contributed by atoms with Gasteiger partial charge in [0.05, 0.1) is 7.11 Å². The smallest absolute Gasteiger partial charge is 0.342 e. The van der Waals surface area contributed by atoms with Gasteiger partial charge in [-0.15, -0.1) is 0 Å². The Morgan fingerprint density at radius 2 is 1.95 bits per heavy atom. The summed E-state index contributed by atoms with van der Waals surface area (Å²) in [5.41, 5.74) is 2.75. The van der Waals surface area contributed by atoms with Crippen molar-refractivity contribution in [1.29, 1.82) is 0 Å². The summed E-state index contributed by atoms with van der Waals surface area (Å²) in [6.07, 6.45) is 1.78. The number of tetrazole rings is 1. The molecule has 2 heterocycles. The van der Waals surface area contributed by atoms with Crippen LogP contribution < -0.4 is 0 Å². The Hall–Kier alpha value is -2.15. The van der Waals surface area contributed by atoms with E-state index in [4.69, 9.17) is 4.74 Å². The van der Waals surface area contributed by atoms with E-state index in [-0.39, 0.29) is 0 Å². The van der Waals surface area contributed by atoms with Gasteiger partial charge < -0.3 is 4.74 Å². The molecule has 0 N–H and O–H groups in total. The standard InChI is InChI=1S/C13H11BrN4O2/c1-17-12-11(13(19)20-2)10(7-18(12)16-15-17)8-3-5-9(14)6-4-8/h3-7H,1-2H3. The van der Waals surface area contributed by atoms with Crippen LogP contribution in [0.1, 0.15) is 10.4 Å². The van der Waals surface area contributed by atoms with E-state index in [0.29, 0.717) is 11.2 Å². The van der Waals surface area contributed by atoms with E-state index in [9.17, 15) is 4.79 Å². The zero-order chi connectivity index (χ0) is 14.3. The van der Waals surface area contributed by atoms with Crippen LogP contribution in [0, 0.1) is 0 Å². The molecule has 2 aromatic heterocycles. The lowest BCUT2D eigenvalue weighted by Gasteiger charge is -2.03. The molecule has 0 aliphatic heterocycles. The quantitative estimate of drug-likeness (QED) is 0.674. The maximum atomic E-state index is 12.1. The molecule has 0 spiro atoms. The summed E-state index contributed by atoms with van der Waals surface area (Å²) in [5.74, 6) is -0.407. The summed E-state index contributed by atoms with van der Waals surface area (Å²) >= 11 is 3.39. The number of aryl methyl sites for hydroxylation is 1. The van der Waals surface area contributed by atoms with E-state index in [2.05, 4.69) is 26.4 Å². The van der Waals surface area contributed by atoms with Gasteiger partial charge in [0.1, 0.15) is 5.56 Å². The number of ether oxygens (including phenoxy) is 1. The van der Waals surface area contributed by atoms with E-state index < -0.39 is 5.97 Å². The third kappa shape index (κ3) is 1.90. The number of rotatable bonds is 2. The highest BCUT2D eigenvalue weighted by atomic mass is 79.9. The van der Waals surface area contributed by atoms with Crippen LogP contribution >= 0.6 is 15.9 Å². The lowest BCUT2D eigenvalue weighted by molar-refractivity contribution is 0.0603. The third-order valence-electron chi connectivity index (χ3n) is 3.08. The normalized spacial score (nSPS) is 10.9. The van der Waals surface area contributed by atoms with Gasteiger partial charge in [-0.2, -0.15) is 0 Å². The predicted octanol–water partition coefficient (Wildman–Crippen LogP) is 2.28. The average molecular weight is 335 g/mol. The molecular formula is C13H11BrN4O2. The zero-order valence-electron chi connectivity index (χ0n) is 10.9. The van der Waals surface area contributed by atoms with Gasteiger partial charge in [0.25, 0.3) is 0 Å². The second-order valence-electron chi connectivity index (χ2n) is 4.29. The minimum Gasteiger partial charge on any atom is -0.465 e. The van der Waals surface area contributed by atoms with Crippen LogP contribution in [0.2, 0.25) is 0 Å². The maximum Gasteiger partial charge on any atom is 0.342 e. The van der Waals surface area contributed by atoms with Crippen LogP contribution in [0.25, 0.3) is 16.8 Å². The minimum atomic E-state index is -0.407. The molecular weight excluding hydrogens is 324 g/mol. The average Bonchev–Trinajstić information content (AvgIpc) is 2.99. The number of carbonyl (C=O) groups excluding carboxylic acids is 1. The molecule has 6 nitrogen and oxygen atoms in total. The first-order valence-corrected chi connectivity index (χ1v) is 6.66. The van der Waals surface area contributed by atoms with Gasteiger partial charge in [-0.1, -0.05) is 28.1 Å². The summed E-state index contributed by atoms with van der Waals surface area (Å²) in [5, 5.41) is 7.87. The molecule has 20 heavy (non-hydrogen) atoms. The third-order valence-corrected chi connectivity index (χ3v) is 3.61. The van der Waals surface area contributed by atoms with Crippen LogP contribution in [0.3, 0.4) is 0 Å². The van der Waals surface area contributed by atoms with Gasteiger partial charge in [-0.05, 0) is 28.1 Å². The Morgan fingerprint density at radius 3 is 2.60 bits per heavy atom. The molecule has 102 valence electrons. The summed E-state index contributed by atoms with van der Waals surface area (Å²) in [4.78, 5) is 12.1. The number of halogens is 1. The highest BCUT2D eigenvalue weighted by Gasteiger charge is 2.23. The van der Waals surface area contributed by atoms with Crippen molar-refractivity contribution in [1.82, 2.24) is 19.6 Å². The van der Waals surface area contributed by atoms with Crippen LogP contribution in [0.15, 0.2) is 34.9 Å². The maximum absolute atomic E-state index is 12.1. The molecule has 7 heteroatoms. The fraction of sp³-hybridized carbons (Fsp3) is 0.154. The monoisotopic (exact) mass is 334 g/mol. The molecule has 0 bridgehead atoms. The molecule has 0 saturated heterocycles. The van der Waals surface area contributed by atoms with Gasteiger partial charge in [-0.25, -0.2) is 14.0 Å². The Morgan fingerprint density at radius 1 is 1.25 bits per heavy atom. The molecule has 0 saturated carbocycles. The SMILES string of the molecule is COC(=O)c1c(-c2ccc(Br)cc2)cn2nnn(C)c12. The predicted molar refractivity (Wildman–Crippen MR) is 76.4 cm³/mol. The molecule has 3 rings (SSSR count). The molecule has 0 aliphatic rings. The number of hydrogen-bond acceptors (Lipinski definition) is 4. The van der Waals surface area contributed by atoms with E-state index in [0.717, 1.165) is 15.6 Å². The summed E-state index contributed by atoms with van der Waals surface area (Å²) < 4.78 is 8.98. The first-order valence-electron chi connectivity index (χ1n) is 5.87. The fourth-order valence-electron chi connectivity index (χ4n) is 2.16. The number of fused-ring (bicyclic) bond motifs is 1. The van der Waals surface area contributed by atoms with Gasteiger partial charge in [0, 0.05) is 23.3 Å². The topological polar surface area (TPSA) is 61.4 Å². The van der Waals surface area contributed by atoms with Crippen molar-refractivity contribution in [3.8, 4) is 11.1 Å². The van der Waals surface area contributed by atoms with E-state index in [1.807, 2.05) is 24.3 Å². The molecule has 0 fully saturated rings. The van der Waals surface area contributed by atoms with Crippen LogP contribution in [0.5, 0.6) is 0 Å². The van der Waals surface area contributed by atoms with Crippen molar-refractivity contribution in [3.05, 3.63) is 40.5 Å². The number of hydrogen-bond donors (Lipinski definition) is 0. The van der Waals surface area contributed by atoms with Crippen LogP contribution in [0.4, 0.5) is 0 Å². The van der Waals surface area contributed by atoms with E-state index in [1.165, 1.54) is 7.11 Å². The highest BCUT2D eigenvalue weighted by Crippen LogP contribution is 2.29. The van der Waals surface area contributed by atoms with Crippen molar-refractivity contribution in [2.45, 2.75) is 0 Å². The molecule has 0 aliphatic carbocycles. The molecule has 0 amide bonds. The lowest BCUT2D eigenvalue weighted by Crippen LogP contribution is -2.05. The van der Waals surface area contributed by atoms with Gasteiger partial charge in [0.2, 0.25) is 0 Å². The van der Waals surface area contributed by atoms with Crippen LogP contribution in [-0.2, 0) is 11.8 Å². The summed E-state index contributed by atoms with van der Waals surface area (Å²) in [6.45, 7) is 0. The van der Waals surface area contributed by atoms with Gasteiger partial charge >= 0.3 is 5.97 Å². The zero-order valence-corrected chi connectivity index (χ0v) is 12.5. The second-order valence-corrected chi connectivity index (χ2v) is 5.20. The Balaban J connectivity index is 2.29. The summed E-state index contributed by atoms with van der Waals surface area (Å²) in [6, 6.07) is 7.70. The summed E-state index contributed by atoms with van der Waals surface area (Å²) in [7, 11) is 3.10. The lowest BCUT2D eigenvalue weighted by atomic mass is 10.0. The molecule has 3 aromatic rings. The number of methoxy groups -OCH3 is 1. The number of benzene rings is 1. The first kappa shape index (κ1) is 12.9. The largest absolute Gasteiger partial charge is 0.465 e. The van der Waals surface area contributed by atoms with Crippen molar-refractivity contribution >= 4 is 27.5 Å². The Labute approximate surface area is 123 Å². The number of carbonyl (C=O) groups is 1. The number of aromatic nitrogens is 4. The van der Waals surface area contributed by atoms with Crippen molar-refractivity contribution in [2.24, 2.45) is 7.05 Å².